The molecule has 0 aliphatic carbocycles. The van der Waals surface area contributed by atoms with E-state index in [9.17, 15) is 14.0 Å². The van der Waals surface area contributed by atoms with Crippen molar-refractivity contribution in [3.63, 3.8) is 0 Å². The van der Waals surface area contributed by atoms with Crippen molar-refractivity contribution >= 4 is 27.6 Å². The first kappa shape index (κ1) is 13.9. The van der Waals surface area contributed by atoms with Crippen LogP contribution in [0.5, 0.6) is 0 Å². The number of fused-ring (bicyclic) bond motifs is 1. The minimum absolute atomic E-state index is 0.00522. The Balaban J connectivity index is 2.02. The van der Waals surface area contributed by atoms with Crippen LogP contribution in [-0.4, -0.2) is 18.2 Å². The third kappa shape index (κ3) is 2.61. The molecule has 1 amide bonds. The van der Waals surface area contributed by atoms with Gasteiger partial charge in [-0.05, 0) is 36.2 Å². The number of ketones is 1. The molecule has 3 rings (SSSR count). The third-order valence-corrected chi connectivity index (χ3v) is 3.97. The smallest absolute Gasteiger partial charge is 0.251 e. The zero-order valence-electron chi connectivity index (χ0n) is 11.0. The Kier molecular flexibility index (Phi) is 3.59. The first-order chi connectivity index (χ1) is 10.1. The molecule has 2 aromatic rings. The second-order valence-electron chi connectivity index (χ2n) is 4.83. The summed E-state index contributed by atoms with van der Waals surface area (Å²) in [7, 11) is 0. The summed E-state index contributed by atoms with van der Waals surface area (Å²) in [6.45, 7) is 0.598. The SMILES string of the molecule is O=C(c1ccc2c(c1)C(=O)NCC2)c1ccc(Br)cc1F. The minimum atomic E-state index is -0.587. The van der Waals surface area contributed by atoms with E-state index in [2.05, 4.69) is 21.2 Å². The van der Waals surface area contributed by atoms with Crippen molar-refractivity contribution in [1.29, 1.82) is 0 Å². The van der Waals surface area contributed by atoms with Crippen molar-refractivity contribution in [1.82, 2.24) is 5.32 Å². The number of benzene rings is 2. The van der Waals surface area contributed by atoms with E-state index in [1.165, 1.54) is 18.2 Å². The average molecular weight is 348 g/mol. The van der Waals surface area contributed by atoms with E-state index in [0.717, 1.165) is 12.0 Å². The molecule has 1 aliphatic heterocycles. The lowest BCUT2D eigenvalue weighted by Crippen LogP contribution is -2.32. The summed E-state index contributed by atoms with van der Waals surface area (Å²) in [5.74, 6) is -1.21. The first-order valence-electron chi connectivity index (χ1n) is 6.47. The fraction of sp³-hybridized carbons (Fsp3) is 0.125. The number of carbonyl (C=O) groups excluding carboxylic acids is 2. The summed E-state index contributed by atoms with van der Waals surface area (Å²) >= 11 is 3.15. The number of hydrogen-bond acceptors (Lipinski definition) is 2. The second-order valence-corrected chi connectivity index (χ2v) is 5.75. The Labute approximate surface area is 129 Å². The fourth-order valence-electron chi connectivity index (χ4n) is 2.38. The zero-order valence-corrected chi connectivity index (χ0v) is 12.5. The molecule has 0 saturated heterocycles. The maximum atomic E-state index is 13.9. The third-order valence-electron chi connectivity index (χ3n) is 3.47. The van der Waals surface area contributed by atoms with Crippen LogP contribution in [0, 0.1) is 5.82 Å². The fourth-order valence-corrected chi connectivity index (χ4v) is 2.72. The predicted molar refractivity (Wildman–Crippen MR) is 80.0 cm³/mol. The van der Waals surface area contributed by atoms with Crippen LogP contribution in [0.25, 0.3) is 0 Å². The Hall–Kier alpha value is -2.01. The van der Waals surface area contributed by atoms with Crippen molar-refractivity contribution in [2.24, 2.45) is 0 Å². The normalized spacial score (nSPS) is 13.5. The van der Waals surface area contributed by atoms with Crippen molar-refractivity contribution in [3.05, 3.63) is 68.9 Å². The Morgan fingerprint density at radius 2 is 2.00 bits per heavy atom. The lowest BCUT2D eigenvalue weighted by Gasteiger charge is -2.17. The topological polar surface area (TPSA) is 46.2 Å². The van der Waals surface area contributed by atoms with Gasteiger partial charge in [0.05, 0.1) is 5.56 Å². The van der Waals surface area contributed by atoms with Crippen LogP contribution in [-0.2, 0) is 6.42 Å². The molecule has 106 valence electrons. The summed E-state index contributed by atoms with van der Waals surface area (Å²) in [4.78, 5) is 24.2. The van der Waals surface area contributed by atoms with Crippen LogP contribution >= 0.6 is 15.9 Å². The van der Waals surface area contributed by atoms with E-state index >= 15 is 0 Å². The molecular formula is C16H11BrFNO2. The minimum Gasteiger partial charge on any atom is -0.352 e. The van der Waals surface area contributed by atoms with Crippen LogP contribution in [0.15, 0.2) is 40.9 Å². The largest absolute Gasteiger partial charge is 0.352 e. The van der Waals surface area contributed by atoms with E-state index in [1.54, 1.807) is 18.2 Å². The number of carbonyl (C=O) groups is 2. The molecule has 0 fully saturated rings. The molecule has 2 aromatic carbocycles. The molecule has 3 nitrogen and oxygen atoms in total. The van der Waals surface area contributed by atoms with Gasteiger partial charge in [0.1, 0.15) is 5.82 Å². The molecule has 0 unspecified atom stereocenters. The van der Waals surface area contributed by atoms with Gasteiger partial charge in [-0.2, -0.15) is 0 Å². The molecule has 1 N–H and O–H groups in total. The highest BCUT2D eigenvalue weighted by atomic mass is 79.9. The lowest BCUT2D eigenvalue weighted by atomic mass is 9.94. The number of amides is 1. The number of nitrogens with one attached hydrogen (secondary N) is 1. The highest BCUT2D eigenvalue weighted by Gasteiger charge is 2.20. The van der Waals surface area contributed by atoms with Gasteiger partial charge in [0.25, 0.3) is 5.91 Å². The number of rotatable bonds is 2. The van der Waals surface area contributed by atoms with Crippen LogP contribution in [0.2, 0.25) is 0 Å². The Morgan fingerprint density at radius 3 is 2.76 bits per heavy atom. The van der Waals surface area contributed by atoms with Gasteiger partial charge in [-0.15, -0.1) is 0 Å². The van der Waals surface area contributed by atoms with E-state index in [0.29, 0.717) is 22.1 Å². The lowest BCUT2D eigenvalue weighted by molar-refractivity contribution is 0.0946. The van der Waals surface area contributed by atoms with Crippen LogP contribution in [0.1, 0.15) is 31.8 Å². The van der Waals surface area contributed by atoms with Crippen molar-refractivity contribution < 1.29 is 14.0 Å². The highest BCUT2D eigenvalue weighted by Crippen LogP contribution is 2.21. The van der Waals surface area contributed by atoms with Gasteiger partial charge >= 0.3 is 0 Å². The van der Waals surface area contributed by atoms with Crippen molar-refractivity contribution in [2.75, 3.05) is 6.54 Å². The predicted octanol–water partition coefficient (Wildman–Crippen LogP) is 3.11. The van der Waals surface area contributed by atoms with Gasteiger partial charge in [0.2, 0.25) is 0 Å². The molecule has 0 saturated carbocycles. The molecular weight excluding hydrogens is 337 g/mol. The first-order valence-corrected chi connectivity index (χ1v) is 7.26. The van der Waals surface area contributed by atoms with Crippen LogP contribution in [0.3, 0.4) is 0 Å². The van der Waals surface area contributed by atoms with E-state index in [-0.39, 0.29) is 11.5 Å². The molecule has 5 heteroatoms. The highest BCUT2D eigenvalue weighted by molar-refractivity contribution is 9.10. The molecule has 0 aromatic heterocycles. The van der Waals surface area contributed by atoms with Gasteiger partial charge < -0.3 is 5.32 Å². The summed E-state index contributed by atoms with van der Waals surface area (Å²) in [5.41, 5.74) is 1.71. The monoisotopic (exact) mass is 347 g/mol. The van der Waals surface area contributed by atoms with Gasteiger partial charge in [0.15, 0.2) is 5.78 Å². The summed E-state index contributed by atoms with van der Waals surface area (Å²) < 4.78 is 14.4. The molecule has 0 bridgehead atoms. The zero-order chi connectivity index (χ0) is 15.0. The van der Waals surface area contributed by atoms with Gasteiger partial charge in [0, 0.05) is 22.1 Å². The van der Waals surface area contributed by atoms with Crippen molar-refractivity contribution in [2.45, 2.75) is 6.42 Å². The van der Waals surface area contributed by atoms with E-state index in [4.69, 9.17) is 0 Å². The van der Waals surface area contributed by atoms with E-state index in [1.807, 2.05) is 0 Å². The quantitative estimate of drug-likeness (QED) is 0.848. The number of hydrogen-bond donors (Lipinski definition) is 1. The van der Waals surface area contributed by atoms with Crippen LogP contribution in [0.4, 0.5) is 4.39 Å². The summed E-state index contributed by atoms with van der Waals surface area (Å²) in [5, 5.41) is 2.73. The van der Waals surface area contributed by atoms with Gasteiger partial charge in [-0.25, -0.2) is 4.39 Å². The summed E-state index contributed by atoms with van der Waals surface area (Å²) in [6, 6.07) is 9.23. The van der Waals surface area contributed by atoms with Crippen LogP contribution < -0.4 is 5.32 Å². The Bertz CT molecular complexity index is 758. The average Bonchev–Trinajstić information content (AvgIpc) is 2.47. The summed E-state index contributed by atoms with van der Waals surface area (Å²) in [6.07, 6.45) is 0.738. The maximum absolute atomic E-state index is 13.9. The molecule has 0 radical (unpaired) electrons. The molecule has 21 heavy (non-hydrogen) atoms. The van der Waals surface area contributed by atoms with Gasteiger partial charge in [-0.3, -0.25) is 9.59 Å². The molecule has 0 atom stereocenters. The maximum Gasteiger partial charge on any atom is 0.251 e. The van der Waals surface area contributed by atoms with E-state index < -0.39 is 11.6 Å². The number of halogens is 2. The molecule has 1 heterocycles. The van der Waals surface area contributed by atoms with Gasteiger partial charge in [-0.1, -0.05) is 28.1 Å². The molecule has 0 spiro atoms. The van der Waals surface area contributed by atoms with Crippen molar-refractivity contribution in [3.8, 4) is 0 Å². The molecule has 1 aliphatic rings. The second kappa shape index (κ2) is 5.41. The standard InChI is InChI=1S/C16H11BrFNO2/c17-11-3-4-12(14(18)8-11)15(20)10-2-1-9-5-6-19-16(21)13(9)7-10/h1-4,7-8H,5-6H2,(H,19,21). The Morgan fingerprint density at radius 1 is 1.19 bits per heavy atom.